The second-order valence-electron chi connectivity index (χ2n) is 7.07. The summed E-state index contributed by atoms with van der Waals surface area (Å²) in [5.41, 5.74) is 1.97. The molecule has 2 aromatic carbocycles. The van der Waals surface area contributed by atoms with Crippen molar-refractivity contribution in [2.24, 2.45) is 0 Å². The van der Waals surface area contributed by atoms with Gasteiger partial charge in [0.15, 0.2) is 0 Å². The predicted octanol–water partition coefficient (Wildman–Crippen LogP) is 4.12. The number of methoxy groups -OCH3 is 2. The van der Waals surface area contributed by atoms with E-state index in [0.29, 0.717) is 41.5 Å². The van der Waals surface area contributed by atoms with Gasteiger partial charge in [-0.1, -0.05) is 23.7 Å². The third-order valence-electron chi connectivity index (χ3n) is 5.16. The Labute approximate surface area is 180 Å². The van der Waals surface area contributed by atoms with Crippen LogP contribution in [0.5, 0.6) is 5.75 Å². The highest BCUT2D eigenvalue weighted by Crippen LogP contribution is 2.40. The standard InChI is InChI=1S/C23H24ClNO5/c1-14-13-17(30-3)9-10-18(14)21(26)19-20(15-5-7-16(24)8-6-15)25(11-4-12-29-2)23(28)22(19)27/h5-10,13,20,26H,4,11-12H2,1-3H3/t20-/m0/s1. The molecular weight excluding hydrogens is 406 g/mol. The van der Waals surface area contributed by atoms with Crippen molar-refractivity contribution in [3.63, 3.8) is 0 Å². The first-order valence-electron chi connectivity index (χ1n) is 9.56. The molecule has 0 aromatic heterocycles. The summed E-state index contributed by atoms with van der Waals surface area (Å²) in [6.45, 7) is 2.58. The summed E-state index contributed by atoms with van der Waals surface area (Å²) < 4.78 is 10.3. The molecule has 1 saturated heterocycles. The monoisotopic (exact) mass is 429 g/mol. The Kier molecular flexibility index (Phi) is 6.80. The van der Waals surface area contributed by atoms with E-state index in [2.05, 4.69) is 0 Å². The van der Waals surface area contributed by atoms with Gasteiger partial charge in [-0.2, -0.15) is 0 Å². The van der Waals surface area contributed by atoms with Crippen LogP contribution < -0.4 is 4.74 Å². The first-order chi connectivity index (χ1) is 14.4. The number of amides is 1. The summed E-state index contributed by atoms with van der Waals surface area (Å²) in [5.74, 6) is -0.917. The quantitative estimate of drug-likeness (QED) is 0.310. The van der Waals surface area contributed by atoms with Crippen LogP contribution in [0.25, 0.3) is 5.76 Å². The number of Topliss-reactive ketones (excluding diaryl/α,β-unsaturated/α-hetero) is 1. The number of hydrogen-bond donors (Lipinski definition) is 1. The maximum atomic E-state index is 13.0. The summed E-state index contributed by atoms with van der Waals surface area (Å²) in [5, 5.41) is 11.7. The highest BCUT2D eigenvalue weighted by molar-refractivity contribution is 6.46. The summed E-state index contributed by atoms with van der Waals surface area (Å²) in [4.78, 5) is 27.3. The summed E-state index contributed by atoms with van der Waals surface area (Å²) >= 11 is 6.02. The third kappa shape index (κ3) is 4.20. The van der Waals surface area contributed by atoms with Gasteiger partial charge in [-0.25, -0.2) is 0 Å². The Balaban J connectivity index is 2.13. The number of hydrogen-bond acceptors (Lipinski definition) is 5. The molecule has 1 atom stereocenters. The number of nitrogens with zero attached hydrogens (tertiary/aromatic N) is 1. The Bertz CT molecular complexity index is 984. The largest absolute Gasteiger partial charge is 0.507 e. The Morgan fingerprint density at radius 1 is 1.13 bits per heavy atom. The lowest BCUT2D eigenvalue weighted by atomic mass is 9.94. The van der Waals surface area contributed by atoms with E-state index in [-0.39, 0.29) is 11.3 Å². The molecule has 0 bridgehead atoms. The number of benzene rings is 2. The number of aliphatic hydroxyl groups excluding tert-OH is 1. The van der Waals surface area contributed by atoms with E-state index < -0.39 is 17.7 Å². The van der Waals surface area contributed by atoms with Crippen LogP contribution in [0.1, 0.15) is 29.2 Å². The zero-order valence-corrected chi connectivity index (χ0v) is 17.9. The Hall–Kier alpha value is -2.83. The number of carbonyl (C=O) groups excluding carboxylic acids is 2. The van der Waals surface area contributed by atoms with Gasteiger partial charge in [0.05, 0.1) is 18.7 Å². The molecule has 0 unspecified atom stereocenters. The van der Waals surface area contributed by atoms with E-state index in [1.165, 1.54) is 4.90 Å². The Morgan fingerprint density at radius 2 is 1.83 bits per heavy atom. The third-order valence-corrected chi connectivity index (χ3v) is 5.41. The van der Waals surface area contributed by atoms with E-state index in [4.69, 9.17) is 21.1 Å². The number of likely N-dealkylation sites (tertiary alicyclic amines) is 1. The summed E-state index contributed by atoms with van der Waals surface area (Å²) in [6, 6.07) is 11.4. The van der Waals surface area contributed by atoms with E-state index in [0.717, 1.165) is 5.56 Å². The fourth-order valence-corrected chi connectivity index (χ4v) is 3.78. The average molecular weight is 430 g/mol. The second-order valence-corrected chi connectivity index (χ2v) is 7.51. The molecule has 3 rings (SSSR count). The summed E-state index contributed by atoms with van der Waals surface area (Å²) in [6.07, 6.45) is 0.565. The highest BCUT2D eigenvalue weighted by Gasteiger charge is 2.45. The lowest BCUT2D eigenvalue weighted by molar-refractivity contribution is -0.140. The molecule has 0 aliphatic carbocycles. The first-order valence-corrected chi connectivity index (χ1v) is 9.94. The van der Waals surface area contributed by atoms with Crippen LogP contribution in [0.3, 0.4) is 0 Å². The van der Waals surface area contributed by atoms with Gasteiger partial charge < -0.3 is 19.5 Å². The molecule has 30 heavy (non-hydrogen) atoms. The van der Waals surface area contributed by atoms with Gasteiger partial charge in [-0.15, -0.1) is 0 Å². The normalized spacial score (nSPS) is 18.1. The molecule has 1 aliphatic heterocycles. The minimum absolute atomic E-state index is 0.0630. The van der Waals surface area contributed by atoms with E-state index in [9.17, 15) is 14.7 Å². The minimum atomic E-state index is -0.708. The minimum Gasteiger partial charge on any atom is -0.507 e. The molecule has 1 N–H and O–H groups in total. The maximum Gasteiger partial charge on any atom is 0.295 e. The fourth-order valence-electron chi connectivity index (χ4n) is 3.66. The smallest absolute Gasteiger partial charge is 0.295 e. The number of aliphatic hydroxyl groups is 1. The molecule has 1 aliphatic rings. The molecule has 1 fully saturated rings. The zero-order valence-electron chi connectivity index (χ0n) is 17.1. The molecule has 7 heteroatoms. The fraction of sp³-hybridized carbons (Fsp3) is 0.304. The van der Waals surface area contributed by atoms with Crippen LogP contribution in [0.2, 0.25) is 5.02 Å². The molecule has 158 valence electrons. The molecular formula is C23H24ClNO5. The number of halogens is 1. The zero-order chi connectivity index (χ0) is 21.8. The molecule has 2 aromatic rings. The number of ketones is 1. The van der Waals surface area contributed by atoms with Gasteiger partial charge in [-0.05, 0) is 54.8 Å². The van der Waals surface area contributed by atoms with Crippen molar-refractivity contribution in [2.45, 2.75) is 19.4 Å². The van der Waals surface area contributed by atoms with E-state index >= 15 is 0 Å². The van der Waals surface area contributed by atoms with Crippen molar-refractivity contribution in [1.29, 1.82) is 0 Å². The van der Waals surface area contributed by atoms with Crippen LogP contribution in [-0.4, -0.2) is 49.1 Å². The molecule has 0 saturated carbocycles. The van der Waals surface area contributed by atoms with Crippen molar-refractivity contribution < 1.29 is 24.2 Å². The Morgan fingerprint density at radius 3 is 2.43 bits per heavy atom. The van der Waals surface area contributed by atoms with E-state index in [1.54, 1.807) is 56.7 Å². The van der Waals surface area contributed by atoms with Crippen molar-refractivity contribution in [2.75, 3.05) is 27.4 Å². The molecule has 6 nitrogen and oxygen atoms in total. The van der Waals surface area contributed by atoms with Gasteiger partial charge in [0, 0.05) is 30.8 Å². The molecule has 0 radical (unpaired) electrons. The van der Waals surface area contributed by atoms with Crippen LogP contribution >= 0.6 is 11.6 Å². The number of aryl methyl sites for hydroxylation is 1. The molecule has 0 spiro atoms. The first kappa shape index (κ1) is 21.9. The lowest BCUT2D eigenvalue weighted by Gasteiger charge is -2.25. The van der Waals surface area contributed by atoms with Crippen molar-refractivity contribution in [1.82, 2.24) is 4.90 Å². The van der Waals surface area contributed by atoms with Gasteiger partial charge in [0.25, 0.3) is 11.7 Å². The number of carbonyl (C=O) groups is 2. The highest BCUT2D eigenvalue weighted by atomic mass is 35.5. The maximum absolute atomic E-state index is 13.0. The number of rotatable bonds is 7. The average Bonchev–Trinajstić information content (AvgIpc) is 2.99. The predicted molar refractivity (Wildman–Crippen MR) is 115 cm³/mol. The van der Waals surface area contributed by atoms with Crippen LogP contribution in [0.15, 0.2) is 48.0 Å². The second kappa shape index (κ2) is 9.32. The van der Waals surface area contributed by atoms with E-state index in [1.807, 2.05) is 6.92 Å². The topological polar surface area (TPSA) is 76.1 Å². The van der Waals surface area contributed by atoms with Gasteiger partial charge in [0.1, 0.15) is 11.5 Å². The SMILES string of the molecule is COCCCN1C(=O)C(=O)C(=C(O)c2ccc(OC)cc2C)[C@@H]1c1ccc(Cl)cc1. The molecule has 1 amide bonds. The lowest BCUT2D eigenvalue weighted by Crippen LogP contribution is -2.31. The summed E-state index contributed by atoms with van der Waals surface area (Å²) in [7, 11) is 3.14. The van der Waals surface area contributed by atoms with Gasteiger partial charge in [0.2, 0.25) is 0 Å². The van der Waals surface area contributed by atoms with Crippen LogP contribution in [0, 0.1) is 6.92 Å². The number of ether oxygens (including phenoxy) is 2. The van der Waals surface area contributed by atoms with Crippen molar-refractivity contribution in [3.05, 3.63) is 69.8 Å². The van der Waals surface area contributed by atoms with Crippen molar-refractivity contribution >= 4 is 29.1 Å². The van der Waals surface area contributed by atoms with Gasteiger partial charge in [-0.3, -0.25) is 9.59 Å². The van der Waals surface area contributed by atoms with Gasteiger partial charge >= 0.3 is 0 Å². The van der Waals surface area contributed by atoms with Crippen LogP contribution in [-0.2, 0) is 14.3 Å². The van der Waals surface area contributed by atoms with Crippen LogP contribution in [0.4, 0.5) is 0 Å². The van der Waals surface area contributed by atoms with Crippen molar-refractivity contribution in [3.8, 4) is 5.75 Å². The molecule has 1 heterocycles.